The van der Waals surface area contributed by atoms with E-state index in [1.165, 1.54) is 6.21 Å². The SMILES string of the molecule is N#CC1(c2ccc(N3C[C@@H](Cc4n[nH]nc4C=NO)OC3=O)cc2)CC1. The molecule has 1 atom stereocenters. The molecule has 1 saturated carbocycles. The number of rotatable bonds is 5. The second-order valence-electron chi connectivity index (χ2n) is 6.46. The van der Waals surface area contributed by atoms with E-state index < -0.39 is 6.09 Å². The van der Waals surface area contributed by atoms with E-state index in [1.807, 2.05) is 24.3 Å². The van der Waals surface area contributed by atoms with Crippen LogP contribution in [-0.4, -0.2) is 45.6 Å². The minimum Gasteiger partial charge on any atom is -0.444 e. The third kappa shape index (κ3) is 2.75. The second-order valence-corrected chi connectivity index (χ2v) is 6.46. The van der Waals surface area contributed by atoms with Crippen molar-refractivity contribution in [3.63, 3.8) is 0 Å². The lowest BCUT2D eigenvalue weighted by Crippen LogP contribution is -2.25. The zero-order valence-electron chi connectivity index (χ0n) is 13.8. The molecule has 0 spiro atoms. The largest absolute Gasteiger partial charge is 0.444 e. The molecule has 4 rings (SSSR count). The first-order valence-electron chi connectivity index (χ1n) is 8.22. The maximum atomic E-state index is 12.2. The average molecular weight is 352 g/mol. The third-order valence-electron chi connectivity index (χ3n) is 4.82. The van der Waals surface area contributed by atoms with Crippen LogP contribution in [0.5, 0.6) is 0 Å². The number of nitrogens with one attached hydrogen (secondary N) is 1. The van der Waals surface area contributed by atoms with Crippen LogP contribution in [0, 0.1) is 11.3 Å². The Labute approximate surface area is 148 Å². The summed E-state index contributed by atoms with van der Waals surface area (Å²) in [7, 11) is 0. The number of aromatic amines is 1. The topological polar surface area (TPSA) is 127 Å². The Balaban J connectivity index is 1.46. The van der Waals surface area contributed by atoms with Crippen LogP contribution in [0.15, 0.2) is 29.4 Å². The molecule has 26 heavy (non-hydrogen) atoms. The predicted molar refractivity (Wildman–Crippen MR) is 90.0 cm³/mol. The standard InChI is InChI=1S/C17H16N6O3/c18-10-17(5-6-17)11-1-3-12(4-2-11)23-9-13(26-16(23)24)7-14-15(8-19-25)21-22-20-14/h1-4,8,13,25H,5-7,9H2,(H,20,21,22)/t13-/m1/s1. The molecule has 1 aliphatic carbocycles. The van der Waals surface area contributed by atoms with Crippen LogP contribution < -0.4 is 4.90 Å². The van der Waals surface area contributed by atoms with E-state index in [2.05, 4.69) is 26.6 Å². The van der Waals surface area contributed by atoms with Crippen LogP contribution in [0.3, 0.4) is 0 Å². The minimum absolute atomic E-state index is 0.343. The van der Waals surface area contributed by atoms with Crippen LogP contribution in [-0.2, 0) is 16.6 Å². The number of carbonyl (C=O) groups is 1. The van der Waals surface area contributed by atoms with E-state index in [1.54, 1.807) is 4.90 Å². The maximum Gasteiger partial charge on any atom is 0.414 e. The van der Waals surface area contributed by atoms with E-state index in [4.69, 9.17) is 9.94 Å². The van der Waals surface area contributed by atoms with Crippen LogP contribution in [0.1, 0.15) is 29.8 Å². The Kier molecular flexibility index (Phi) is 3.80. The van der Waals surface area contributed by atoms with Crippen molar-refractivity contribution in [3.8, 4) is 6.07 Å². The zero-order chi connectivity index (χ0) is 18.1. The molecule has 9 nitrogen and oxygen atoms in total. The van der Waals surface area contributed by atoms with Crippen LogP contribution in [0.25, 0.3) is 0 Å². The molecule has 2 aromatic rings. The summed E-state index contributed by atoms with van der Waals surface area (Å²) < 4.78 is 5.41. The first kappa shape index (κ1) is 16.1. The minimum atomic E-state index is -0.426. The molecule has 2 fully saturated rings. The summed E-state index contributed by atoms with van der Waals surface area (Å²) in [5.41, 5.74) is 2.33. The number of oxime groups is 1. The molecule has 2 N–H and O–H groups in total. The Morgan fingerprint density at radius 1 is 1.42 bits per heavy atom. The number of cyclic esters (lactones) is 1. The second kappa shape index (κ2) is 6.15. The van der Waals surface area contributed by atoms with Gasteiger partial charge in [-0.25, -0.2) is 4.79 Å². The van der Waals surface area contributed by atoms with Gasteiger partial charge in [0.15, 0.2) is 0 Å². The Morgan fingerprint density at radius 3 is 2.85 bits per heavy atom. The van der Waals surface area contributed by atoms with Crippen molar-refractivity contribution < 1.29 is 14.7 Å². The first-order chi connectivity index (χ1) is 12.6. The smallest absolute Gasteiger partial charge is 0.414 e. The molecule has 2 heterocycles. The summed E-state index contributed by atoms with van der Waals surface area (Å²) in [6.45, 7) is 0.379. The van der Waals surface area contributed by atoms with Crippen molar-refractivity contribution in [2.45, 2.75) is 30.8 Å². The molecule has 2 aliphatic rings. The molecular weight excluding hydrogens is 336 g/mol. The van der Waals surface area contributed by atoms with Crippen molar-refractivity contribution in [2.24, 2.45) is 5.16 Å². The van der Waals surface area contributed by atoms with E-state index >= 15 is 0 Å². The van der Waals surface area contributed by atoms with E-state index in [-0.39, 0.29) is 11.5 Å². The molecule has 1 aromatic heterocycles. The van der Waals surface area contributed by atoms with E-state index in [0.717, 1.165) is 24.1 Å². The summed E-state index contributed by atoms with van der Waals surface area (Å²) in [4.78, 5) is 13.8. The summed E-state index contributed by atoms with van der Waals surface area (Å²) in [5, 5.41) is 31.2. The van der Waals surface area contributed by atoms with Gasteiger partial charge in [0.25, 0.3) is 0 Å². The van der Waals surface area contributed by atoms with Gasteiger partial charge in [-0.05, 0) is 30.5 Å². The van der Waals surface area contributed by atoms with Gasteiger partial charge >= 0.3 is 6.09 Å². The van der Waals surface area contributed by atoms with Gasteiger partial charge in [-0.1, -0.05) is 17.3 Å². The van der Waals surface area contributed by atoms with Crippen LogP contribution in [0.2, 0.25) is 0 Å². The summed E-state index contributed by atoms with van der Waals surface area (Å²) >= 11 is 0. The number of amides is 1. The average Bonchev–Trinajstić information content (AvgIpc) is 3.21. The molecular formula is C17H16N6O3. The highest BCUT2D eigenvalue weighted by molar-refractivity contribution is 5.89. The van der Waals surface area contributed by atoms with Gasteiger partial charge < -0.3 is 9.94 Å². The fourth-order valence-electron chi connectivity index (χ4n) is 3.17. The van der Waals surface area contributed by atoms with Crippen LogP contribution >= 0.6 is 0 Å². The molecule has 132 valence electrons. The first-order valence-corrected chi connectivity index (χ1v) is 8.22. The number of carbonyl (C=O) groups excluding carboxylic acids is 1. The Bertz CT molecular complexity index is 894. The summed E-state index contributed by atoms with van der Waals surface area (Å²) in [6.07, 6.45) is 2.49. The van der Waals surface area contributed by atoms with Gasteiger partial charge in [-0.15, -0.1) is 0 Å². The van der Waals surface area contributed by atoms with Gasteiger partial charge in [0.1, 0.15) is 11.8 Å². The van der Waals surface area contributed by atoms with Gasteiger partial charge in [-0.3, -0.25) is 4.90 Å². The number of ether oxygens (including phenoxy) is 1. The monoisotopic (exact) mass is 352 g/mol. The fraction of sp³-hybridized carbons (Fsp3) is 0.353. The van der Waals surface area contributed by atoms with Gasteiger partial charge in [-0.2, -0.15) is 20.7 Å². The van der Waals surface area contributed by atoms with Crippen molar-refractivity contribution in [1.82, 2.24) is 15.4 Å². The number of hydrogen-bond donors (Lipinski definition) is 2. The highest BCUT2D eigenvalue weighted by atomic mass is 16.6. The molecule has 0 bridgehead atoms. The molecule has 1 aliphatic heterocycles. The number of nitrogens with zero attached hydrogens (tertiary/aromatic N) is 5. The van der Waals surface area contributed by atoms with Crippen LogP contribution in [0.4, 0.5) is 10.5 Å². The lowest BCUT2D eigenvalue weighted by atomic mass is 9.97. The molecule has 0 radical (unpaired) electrons. The summed E-state index contributed by atoms with van der Waals surface area (Å²) in [6, 6.07) is 9.86. The molecule has 9 heteroatoms. The molecule has 1 aromatic carbocycles. The Hall–Kier alpha value is -3.41. The van der Waals surface area contributed by atoms with Gasteiger partial charge in [0, 0.05) is 12.1 Å². The van der Waals surface area contributed by atoms with Crippen molar-refractivity contribution in [2.75, 3.05) is 11.4 Å². The normalized spacial score (nSPS) is 21.0. The summed E-state index contributed by atoms with van der Waals surface area (Å²) in [5.74, 6) is 0. The number of hydrogen-bond acceptors (Lipinski definition) is 7. The van der Waals surface area contributed by atoms with E-state index in [0.29, 0.717) is 24.4 Å². The number of anilines is 1. The van der Waals surface area contributed by atoms with Crippen molar-refractivity contribution in [1.29, 1.82) is 5.26 Å². The third-order valence-corrected chi connectivity index (χ3v) is 4.82. The Morgan fingerprint density at radius 2 is 2.19 bits per heavy atom. The zero-order valence-corrected chi connectivity index (χ0v) is 13.8. The number of aromatic nitrogens is 3. The quantitative estimate of drug-likeness (QED) is 0.479. The highest BCUT2D eigenvalue weighted by Gasteiger charge is 2.45. The number of benzene rings is 1. The fourth-order valence-corrected chi connectivity index (χ4v) is 3.17. The van der Waals surface area contributed by atoms with Gasteiger partial charge in [0.05, 0.1) is 29.9 Å². The lowest BCUT2D eigenvalue weighted by Gasteiger charge is -2.14. The molecule has 1 saturated heterocycles. The predicted octanol–water partition coefficient (Wildman–Crippen LogP) is 1.74. The van der Waals surface area contributed by atoms with Crippen molar-refractivity contribution >= 4 is 18.0 Å². The number of nitriles is 1. The highest BCUT2D eigenvalue weighted by Crippen LogP contribution is 2.47. The van der Waals surface area contributed by atoms with Crippen molar-refractivity contribution in [3.05, 3.63) is 41.2 Å². The lowest BCUT2D eigenvalue weighted by molar-refractivity contribution is 0.141. The molecule has 0 unspecified atom stereocenters. The van der Waals surface area contributed by atoms with Gasteiger partial charge in [0.2, 0.25) is 0 Å². The maximum absolute atomic E-state index is 12.2. The number of H-pyrrole nitrogens is 1. The van der Waals surface area contributed by atoms with E-state index in [9.17, 15) is 10.1 Å². The molecule has 1 amide bonds.